The Morgan fingerprint density at radius 3 is 2.54 bits per heavy atom. The first-order valence-electron chi connectivity index (χ1n) is 8.30. The van der Waals surface area contributed by atoms with Crippen LogP contribution in [0.3, 0.4) is 0 Å². The van der Waals surface area contributed by atoms with E-state index in [0.717, 1.165) is 44.2 Å². The summed E-state index contributed by atoms with van der Waals surface area (Å²) in [6, 6.07) is 17.7. The molecule has 0 saturated heterocycles. The highest BCUT2D eigenvalue weighted by Gasteiger charge is 2.09. The summed E-state index contributed by atoms with van der Waals surface area (Å²) in [4.78, 5) is 10.5. The molecule has 2 heterocycles. The lowest BCUT2D eigenvalue weighted by molar-refractivity contribution is 0.415. The molecule has 0 aliphatic heterocycles. The fourth-order valence-corrected chi connectivity index (χ4v) is 3.51. The molecule has 0 unspecified atom stereocenters. The lowest BCUT2D eigenvalue weighted by Gasteiger charge is -2.06. The summed E-state index contributed by atoms with van der Waals surface area (Å²) in [6.45, 7) is 4.06. The van der Waals surface area contributed by atoms with Gasteiger partial charge in [-0.1, -0.05) is 41.7 Å². The van der Waals surface area contributed by atoms with Crippen molar-refractivity contribution >= 4 is 27.4 Å². The van der Waals surface area contributed by atoms with Crippen LogP contribution in [-0.2, 0) is 0 Å². The Morgan fingerprint density at radius 1 is 1.04 bits per heavy atom. The predicted octanol–water partition coefficient (Wildman–Crippen LogP) is 5.41. The fourth-order valence-electron chi connectivity index (χ4n) is 2.72. The number of hydrogen-bond donors (Lipinski definition) is 0. The Balaban J connectivity index is 2.01. The van der Waals surface area contributed by atoms with Crippen LogP contribution in [0.1, 0.15) is 10.6 Å². The molecule has 2 aromatic carbocycles. The Labute approximate surface area is 155 Å². The minimum absolute atomic E-state index is 0.745. The van der Waals surface area contributed by atoms with E-state index in [9.17, 15) is 0 Å². The molecule has 0 amide bonds. The Hall–Kier alpha value is -2.92. The summed E-state index contributed by atoms with van der Waals surface area (Å²) >= 11 is 1.59. The van der Waals surface area contributed by atoms with Gasteiger partial charge in [0.15, 0.2) is 0 Å². The molecule has 0 saturated carbocycles. The van der Waals surface area contributed by atoms with Crippen molar-refractivity contribution in [2.24, 2.45) is 4.99 Å². The van der Waals surface area contributed by atoms with Crippen LogP contribution in [0, 0.1) is 13.8 Å². The fraction of sp³-hybridized carbons (Fsp3) is 0.143. The molecule has 0 aliphatic rings. The number of nitrogens with zero attached hydrogens (tertiary/aromatic N) is 2. The Bertz CT molecular complexity index is 1120. The number of aromatic nitrogens is 1. The van der Waals surface area contributed by atoms with Gasteiger partial charge in [0.2, 0.25) is 5.13 Å². The standard InChI is InChI=1S/C21H18N2O2S/c1-13-14(2)26-21(22-13)23-18-12-20(15-7-5-4-6-8-15)25-19-10-9-16(24-3)11-17(18)19/h4-12H,1-3H3/b23-18+. The second-order valence-electron chi connectivity index (χ2n) is 5.97. The monoisotopic (exact) mass is 362 g/mol. The minimum atomic E-state index is 0.745. The number of hydrogen-bond acceptors (Lipinski definition) is 5. The van der Waals surface area contributed by atoms with Gasteiger partial charge in [0.25, 0.3) is 0 Å². The van der Waals surface area contributed by atoms with Gasteiger partial charge in [-0.2, -0.15) is 0 Å². The lowest BCUT2D eigenvalue weighted by atomic mass is 10.1. The zero-order chi connectivity index (χ0) is 18.1. The van der Waals surface area contributed by atoms with E-state index in [2.05, 4.69) is 11.9 Å². The first-order chi connectivity index (χ1) is 12.6. The summed E-state index contributed by atoms with van der Waals surface area (Å²) in [7, 11) is 1.65. The zero-order valence-electron chi connectivity index (χ0n) is 14.8. The summed E-state index contributed by atoms with van der Waals surface area (Å²) < 4.78 is 11.5. The first-order valence-corrected chi connectivity index (χ1v) is 9.12. The smallest absolute Gasteiger partial charge is 0.210 e. The normalized spacial score (nSPS) is 11.9. The molecular weight excluding hydrogens is 344 g/mol. The molecule has 0 N–H and O–H groups in total. The molecule has 4 nitrogen and oxygen atoms in total. The van der Waals surface area contributed by atoms with E-state index in [0.29, 0.717) is 0 Å². The van der Waals surface area contributed by atoms with Crippen molar-refractivity contribution in [1.29, 1.82) is 0 Å². The van der Waals surface area contributed by atoms with Crippen molar-refractivity contribution in [3.63, 3.8) is 0 Å². The molecule has 0 spiro atoms. The average Bonchev–Trinajstić information content (AvgIpc) is 2.99. The van der Waals surface area contributed by atoms with Crippen LogP contribution in [0.4, 0.5) is 5.13 Å². The lowest BCUT2D eigenvalue weighted by Crippen LogP contribution is -2.03. The van der Waals surface area contributed by atoms with Gasteiger partial charge >= 0.3 is 0 Å². The van der Waals surface area contributed by atoms with E-state index in [-0.39, 0.29) is 0 Å². The van der Waals surface area contributed by atoms with E-state index in [1.165, 1.54) is 4.88 Å². The number of ether oxygens (including phenoxy) is 1. The number of benzene rings is 2. The molecule has 0 atom stereocenters. The maximum absolute atomic E-state index is 6.12. The third-order valence-corrected chi connectivity index (χ3v) is 5.21. The molecule has 2 aromatic heterocycles. The van der Waals surface area contributed by atoms with E-state index in [1.807, 2.05) is 61.5 Å². The second kappa shape index (κ2) is 6.77. The third-order valence-electron chi connectivity index (χ3n) is 4.24. The van der Waals surface area contributed by atoms with Gasteiger partial charge in [-0.15, -0.1) is 0 Å². The minimum Gasteiger partial charge on any atom is -0.497 e. The number of rotatable bonds is 3. The molecule has 4 aromatic rings. The van der Waals surface area contributed by atoms with Crippen LogP contribution < -0.4 is 10.1 Å². The van der Waals surface area contributed by atoms with Crippen LogP contribution in [0.2, 0.25) is 0 Å². The van der Waals surface area contributed by atoms with E-state index in [4.69, 9.17) is 14.1 Å². The van der Waals surface area contributed by atoms with Crippen molar-refractivity contribution in [1.82, 2.24) is 4.98 Å². The molecule has 4 rings (SSSR count). The number of fused-ring (bicyclic) bond motifs is 1. The van der Waals surface area contributed by atoms with Gasteiger partial charge in [-0.3, -0.25) is 0 Å². The molecular formula is C21H18N2O2S. The molecule has 0 radical (unpaired) electrons. The summed E-state index contributed by atoms with van der Waals surface area (Å²) in [5.41, 5.74) is 2.78. The number of thiazole rings is 1. The molecule has 0 aliphatic carbocycles. The quantitative estimate of drug-likeness (QED) is 0.489. The molecule has 0 fully saturated rings. The predicted molar refractivity (Wildman–Crippen MR) is 105 cm³/mol. The molecule has 5 heteroatoms. The number of aryl methyl sites for hydroxylation is 2. The maximum atomic E-state index is 6.12. The van der Waals surface area contributed by atoms with Gasteiger partial charge in [0.05, 0.1) is 18.2 Å². The largest absolute Gasteiger partial charge is 0.497 e. The highest BCUT2D eigenvalue weighted by molar-refractivity contribution is 7.15. The van der Waals surface area contributed by atoms with Crippen LogP contribution in [0.25, 0.3) is 22.3 Å². The molecule has 130 valence electrons. The van der Waals surface area contributed by atoms with Crippen LogP contribution in [-0.4, -0.2) is 12.1 Å². The van der Waals surface area contributed by atoms with Crippen LogP contribution >= 0.6 is 11.3 Å². The van der Waals surface area contributed by atoms with Crippen LogP contribution in [0.5, 0.6) is 5.75 Å². The van der Waals surface area contributed by atoms with Gasteiger partial charge in [-0.05, 0) is 32.0 Å². The highest BCUT2D eigenvalue weighted by Crippen LogP contribution is 2.27. The summed E-state index contributed by atoms with van der Waals surface area (Å²) in [5, 5.41) is 2.46. The molecule has 26 heavy (non-hydrogen) atoms. The van der Waals surface area contributed by atoms with Gasteiger partial charge in [0.1, 0.15) is 17.1 Å². The summed E-state index contributed by atoms with van der Waals surface area (Å²) in [6.07, 6.45) is 0. The highest BCUT2D eigenvalue weighted by atomic mass is 32.1. The van der Waals surface area contributed by atoms with Gasteiger partial charge in [0, 0.05) is 21.9 Å². The average molecular weight is 362 g/mol. The summed E-state index contributed by atoms with van der Waals surface area (Å²) in [5.74, 6) is 1.54. The van der Waals surface area contributed by atoms with Crippen molar-refractivity contribution < 1.29 is 9.15 Å². The molecule has 0 bridgehead atoms. The van der Waals surface area contributed by atoms with Crippen LogP contribution in [0.15, 0.2) is 64.0 Å². The Morgan fingerprint density at radius 2 is 1.85 bits per heavy atom. The van der Waals surface area contributed by atoms with Gasteiger partial charge < -0.3 is 9.15 Å². The SMILES string of the molecule is COc1ccc2oc(-c3ccccc3)c/c(=N\c3nc(C)c(C)s3)c2c1. The van der Waals surface area contributed by atoms with Crippen molar-refractivity contribution in [2.75, 3.05) is 7.11 Å². The van der Waals surface area contributed by atoms with E-state index in [1.54, 1.807) is 18.4 Å². The number of methoxy groups -OCH3 is 1. The van der Waals surface area contributed by atoms with E-state index >= 15 is 0 Å². The van der Waals surface area contributed by atoms with E-state index < -0.39 is 0 Å². The second-order valence-corrected chi connectivity index (χ2v) is 7.16. The van der Waals surface area contributed by atoms with Crippen molar-refractivity contribution in [3.8, 4) is 17.1 Å². The maximum Gasteiger partial charge on any atom is 0.210 e. The third kappa shape index (κ3) is 3.13. The zero-order valence-corrected chi connectivity index (χ0v) is 15.6. The van der Waals surface area contributed by atoms with Gasteiger partial charge in [-0.25, -0.2) is 9.98 Å². The first kappa shape index (κ1) is 16.5. The van der Waals surface area contributed by atoms with Crippen molar-refractivity contribution in [3.05, 3.63) is 70.5 Å². The Kier molecular flexibility index (Phi) is 4.31. The van der Waals surface area contributed by atoms with Crippen molar-refractivity contribution in [2.45, 2.75) is 13.8 Å². The topological polar surface area (TPSA) is 47.6 Å².